The summed E-state index contributed by atoms with van der Waals surface area (Å²) >= 11 is 7.46. The summed E-state index contributed by atoms with van der Waals surface area (Å²) in [6.45, 7) is 0. The molecule has 14 heavy (non-hydrogen) atoms. The van der Waals surface area contributed by atoms with Crippen LogP contribution >= 0.6 is 34.2 Å². The van der Waals surface area contributed by atoms with Crippen LogP contribution in [0.2, 0.25) is 5.02 Å². The summed E-state index contributed by atoms with van der Waals surface area (Å²) < 4.78 is 18.0. The van der Waals surface area contributed by atoms with Gasteiger partial charge in [-0.1, -0.05) is 11.6 Å². The van der Waals surface area contributed by atoms with Crippen LogP contribution in [0.4, 0.5) is 14.9 Å². The third-order valence-electron chi connectivity index (χ3n) is 1.43. The molecule has 0 heterocycles. The number of amides is 1. The van der Waals surface area contributed by atoms with Crippen molar-refractivity contribution in [2.75, 3.05) is 12.4 Å². The number of anilines is 1. The van der Waals surface area contributed by atoms with Crippen LogP contribution in [0.3, 0.4) is 0 Å². The van der Waals surface area contributed by atoms with Crippen LogP contribution in [0.5, 0.6) is 0 Å². The number of carbonyl (C=O) groups excluding carboxylic acids is 1. The van der Waals surface area contributed by atoms with Crippen molar-refractivity contribution < 1.29 is 13.9 Å². The summed E-state index contributed by atoms with van der Waals surface area (Å²) in [7, 11) is 1.23. The molecule has 0 aliphatic heterocycles. The maximum atomic E-state index is 13.0. The number of nitrogens with one attached hydrogen (secondary N) is 1. The quantitative estimate of drug-likeness (QED) is 0.634. The van der Waals surface area contributed by atoms with Gasteiger partial charge in [0.25, 0.3) is 0 Å². The molecule has 0 aliphatic carbocycles. The van der Waals surface area contributed by atoms with Crippen LogP contribution in [-0.4, -0.2) is 13.2 Å². The fraction of sp³-hybridized carbons (Fsp3) is 0.125. The first-order valence-electron chi connectivity index (χ1n) is 3.54. The predicted octanol–water partition coefficient (Wildman–Crippen LogP) is 3.26. The van der Waals surface area contributed by atoms with Gasteiger partial charge in [-0.3, -0.25) is 5.32 Å². The van der Waals surface area contributed by atoms with Gasteiger partial charge in [0.15, 0.2) is 0 Å². The highest BCUT2D eigenvalue weighted by Crippen LogP contribution is 2.25. The van der Waals surface area contributed by atoms with Gasteiger partial charge in [-0.25, -0.2) is 9.18 Å². The Morgan fingerprint density at radius 3 is 2.86 bits per heavy atom. The summed E-state index contributed by atoms with van der Waals surface area (Å²) in [6, 6.07) is 2.56. The fourth-order valence-corrected chi connectivity index (χ4v) is 1.73. The van der Waals surface area contributed by atoms with Gasteiger partial charge in [0.2, 0.25) is 0 Å². The van der Waals surface area contributed by atoms with E-state index in [2.05, 4.69) is 10.1 Å². The lowest BCUT2D eigenvalue weighted by Gasteiger charge is -2.06. The lowest BCUT2D eigenvalue weighted by molar-refractivity contribution is 0.187. The third-order valence-corrected chi connectivity index (χ3v) is 2.61. The number of hydrogen-bond acceptors (Lipinski definition) is 2. The minimum absolute atomic E-state index is 0.0183. The Balaban J connectivity index is 2.98. The number of halogens is 3. The van der Waals surface area contributed by atoms with Crippen LogP contribution in [0.1, 0.15) is 0 Å². The lowest BCUT2D eigenvalue weighted by Crippen LogP contribution is -2.12. The molecule has 0 bridgehead atoms. The maximum Gasteiger partial charge on any atom is 0.411 e. The maximum absolute atomic E-state index is 13.0. The van der Waals surface area contributed by atoms with Crippen molar-refractivity contribution in [3.63, 3.8) is 0 Å². The van der Waals surface area contributed by atoms with Crippen molar-refractivity contribution in [1.82, 2.24) is 0 Å². The number of ether oxygens (including phenoxy) is 1. The van der Waals surface area contributed by atoms with Crippen molar-refractivity contribution in [3.8, 4) is 0 Å². The zero-order valence-electron chi connectivity index (χ0n) is 7.11. The predicted molar refractivity (Wildman–Crippen MR) is 60.2 cm³/mol. The molecule has 0 aromatic heterocycles. The first-order chi connectivity index (χ1) is 6.54. The summed E-state index contributed by atoms with van der Waals surface area (Å²) in [4.78, 5) is 10.8. The Labute approximate surface area is 98.7 Å². The molecule has 1 N–H and O–H groups in total. The number of methoxy groups -OCH3 is 1. The molecule has 3 nitrogen and oxygen atoms in total. The van der Waals surface area contributed by atoms with Gasteiger partial charge >= 0.3 is 6.09 Å². The molecule has 1 rings (SSSR count). The van der Waals surface area contributed by atoms with Crippen molar-refractivity contribution in [2.45, 2.75) is 0 Å². The van der Waals surface area contributed by atoms with E-state index in [0.29, 0.717) is 9.26 Å². The molecule has 0 spiro atoms. The molecule has 0 saturated carbocycles. The monoisotopic (exact) mass is 329 g/mol. The van der Waals surface area contributed by atoms with Gasteiger partial charge in [-0.15, -0.1) is 0 Å². The smallest absolute Gasteiger partial charge is 0.411 e. The highest BCUT2D eigenvalue weighted by atomic mass is 127. The van der Waals surface area contributed by atoms with Crippen LogP contribution in [0.25, 0.3) is 0 Å². The second-order valence-electron chi connectivity index (χ2n) is 2.36. The van der Waals surface area contributed by atoms with E-state index < -0.39 is 11.9 Å². The Kier molecular flexibility index (Phi) is 3.94. The zero-order chi connectivity index (χ0) is 10.7. The summed E-state index contributed by atoms with van der Waals surface area (Å²) in [5, 5.41) is 2.38. The van der Waals surface area contributed by atoms with Gasteiger partial charge in [0, 0.05) is 9.64 Å². The van der Waals surface area contributed by atoms with E-state index in [4.69, 9.17) is 11.6 Å². The fourth-order valence-electron chi connectivity index (χ4n) is 0.779. The molecule has 1 aromatic carbocycles. The molecule has 1 amide bonds. The number of rotatable bonds is 1. The van der Waals surface area contributed by atoms with Crippen molar-refractivity contribution >= 4 is 46.0 Å². The van der Waals surface area contributed by atoms with Gasteiger partial charge in [-0.05, 0) is 28.7 Å². The Morgan fingerprint density at radius 1 is 1.64 bits per heavy atom. The van der Waals surface area contributed by atoms with E-state index in [1.807, 2.05) is 22.6 Å². The molecule has 0 fully saturated rings. The molecule has 6 heteroatoms. The molecule has 76 valence electrons. The van der Waals surface area contributed by atoms with E-state index in [1.165, 1.54) is 13.2 Å². The van der Waals surface area contributed by atoms with Gasteiger partial charge in [0.1, 0.15) is 5.82 Å². The number of benzene rings is 1. The van der Waals surface area contributed by atoms with E-state index in [0.717, 1.165) is 6.07 Å². The molecule has 0 saturated heterocycles. The van der Waals surface area contributed by atoms with Crippen molar-refractivity contribution in [2.24, 2.45) is 0 Å². The normalized spacial score (nSPS) is 9.71. The lowest BCUT2D eigenvalue weighted by atomic mass is 10.3. The highest BCUT2D eigenvalue weighted by Gasteiger charge is 2.09. The summed E-state index contributed by atoms with van der Waals surface area (Å²) in [5.74, 6) is -0.585. The van der Waals surface area contributed by atoms with E-state index >= 15 is 0 Å². The van der Waals surface area contributed by atoms with Gasteiger partial charge < -0.3 is 4.74 Å². The Bertz CT molecular complexity index is 373. The minimum atomic E-state index is -0.648. The number of hydrogen-bond donors (Lipinski definition) is 1. The Hall–Kier alpha value is -0.560. The van der Waals surface area contributed by atoms with Crippen LogP contribution in [0.15, 0.2) is 12.1 Å². The minimum Gasteiger partial charge on any atom is -0.453 e. The van der Waals surface area contributed by atoms with Crippen molar-refractivity contribution in [1.29, 1.82) is 0 Å². The molecule has 1 aromatic rings. The van der Waals surface area contributed by atoms with E-state index in [-0.39, 0.29) is 5.02 Å². The average Bonchev–Trinajstić information content (AvgIpc) is 2.14. The topological polar surface area (TPSA) is 38.3 Å². The molecule has 0 aliphatic rings. The Morgan fingerprint density at radius 2 is 2.29 bits per heavy atom. The van der Waals surface area contributed by atoms with Gasteiger partial charge in [0.05, 0.1) is 17.8 Å². The SMILES string of the molecule is COC(=O)Nc1cc(F)c(Cl)cc1I. The van der Waals surface area contributed by atoms with E-state index in [1.54, 1.807) is 0 Å². The number of carbonyl (C=O) groups is 1. The second kappa shape index (κ2) is 4.79. The van der Waals surface area contributed by atoms with Crippen LogP contribution in [-0.2, 0) is 4.74 Å². The molecular formula is C8H6ClFINO2. The standard InChI is InChI=1S/C8H6ClFINO2/c1-14-8(13)12-7-3-5(10)4(9)2-6(7)11/h2-3H,1H3,(H,12,13). The summed E-state index contributed by atoms with van der Waals surface area (Å²) in [5.41, 5.74) is 0.333. The molecule has 0 unspecified atom stereocenters. The molecule has 0 radical (unpaired) electrons. The van der Waals surface area contributed by atoms with Crippen LogP contribution < -0.4 is 5.32 Å². The summed E-state index contributed by atoms with van der Waals surface area (Å²) in [6.07, 6.45) is -0.648. The first-order valence-corrected chi connectivity index (χ1v) is 4.99. The van der Waals surface area contributed by atoms with Crippen LogP contribution in [0, 0.1) is 9.39 Å². The first kappa shape index (κ1) is 11.5. The average molecular weight is 329 g/mol. The van der Waals surface area contributed by atoms with E-state index in [9.17, 15) is 9.18 Å². The van der Waals surface area contributed by atoms with Crippen molar-refractivity contribution in [3.05, 3.63) is 26.5 Å². The highest BCUT2D eigenvalue weighted by molar-refractivity contribution is 14.1. The second-order valence-corrected chi connectivity index (χ2v) is 3.93. The molecule has 0 atom stereocenters. The third kappa shape index (κ3) is 2.71. The molecular weight excluding hydrogens is 323 g/mol. The van der Waals surface area contributed by atoms with Gasteiger partial charge in [-0.2, -0.15) is 0 Å². The largest absolute Gasteiger partial charge is 0.453 e. The zero-order valence-corrected chi connectivity index (χ0v) is 10.0.